The van der Waals surface area contributed by atoms with Gasteiger partial charge in [-0.3, -0.25) is 19.5 Å². The summed E-state index contributed by atoms with van der Waals surface area (Å²) in [6.45, 7) is 0. The summed E-state index contributed by atoms with van der Waals surface area (Å²) in [6, 6.07) is 14.0. The number of aromatic nitrogens is 1. The van der Waals surface area contributed by atoms with Gasteiger partial charge in [-0.1, -0.05) is 18.2 Å². The molecule has 0 atom stereocenters. The van der Waals surface area contributed by atoms with Crippen LogP contribution >= 0.6 is 0 Å². The molecule has 2 aromatic carbocycles. The summed E-state index contributed by atoms with van der Waals surface area (Å²) in [5.41, 5.74) is 0.958. The third kappa shape index (κ3) is 3.42. The van der Waals surface area contributed by atoms with Crippen molar-refractivity contribution in [3.05, 3.63) is 82.2 Å². The van der Waals surface area contributed by atoms with Crippen molar-refractivity contribution in [2.24, 2.45) is 0 Å². The van der Waals surface area contributed by atoms with E-state index in [2.05, 4.69) is 0 Å². The van der Waals surface area contributed by atoms with Crippen LogP contribution in [0.25, 0.3) is 22.2 Å². The second kappa shape index (κ2) is 7.79. The van der Waals surface area contributed by atoms with E-state index < -0.39 is 16.8 Å². The number of nitro groups is 1. The molecule has 0 spiro atoms. The van der Waals surface area contributed by atoms with Crippen LogP contribution in [0.1, 0.15) is 20.9 Å². The lowest BCUT2D eigenvalue weighted by Crippen LogP contribution is -2.10. The van der Waals surface area contributed by atoms with E-state index in [9.17, 15) is 19.7 Å². The number of ether oxygens (including phenoxy) is 2. The fraction of sp³-hybridized carbons (Fsp3) is 0.0909. The molecule has 0 aliphatic rings. The van der Waals surface area contributed by atoms with Gasteiger partial charge in [-0.25, -0.2) is 4.79 Å². The number of furan rings is 1. The number of para-hydroxylation sites is 1. The summed E-state index contributed by atoms with van der Waals surface area (Å²) in [5, 5.41) is 11.7. The molecule has 0 fully saturated rings. The molecule has 0 aliphatic carbocycles. The molecule has 4 aromatic rings. The second-order valence-electron chi connectivity index (χ2n) is 6.53. The molecule has 0 radical (unpaired) electrons. The predicted octanol–water partition coefficient (Wildman–Crippen LogP) is 4.29. The average Bonchev–Trinajstić information content (AvgIpc) is 3.43. The number of nitro benzene ring substituents is 1. The number of rotatable bonds is 5. The summed E-state index contributed by atoms with van der Waals surface area (Å²) in [5.74, 6) is -0.501. The van der Waals surface area contributed by atoms with Crippen LogP contribution in [0.5, 0.6) is 5.75 Å². The quantitative estimate of drug-likeness (QED) is 0.269. The Bertz CT molecular complexity index is 1330. The van der Waals surface area contributed by atoms with Gasteiger partial charge in [0.25, 0.3) is 11.6 Å². The van der Waals surface area contributed by atoms with Gasteiger partial charge in [-0.2, -0.15) is 0 Å². The summed E-state index contributed by atoms with van der Waals surface area (Å²) in [6.07, 6.45) is 1.40. The smallest absolute Gasteiger partial charge is 0.340 e. The molecule has 2 aromatic heterocycles. The van der Waals surface area contributed by atoms with E-state index in [0.717, 1.165) is 0 Å². The van der Waals surface area contributed by atoms with E-state index in [1.165, 1.54) is 55.3 Å². The molecule has 31 heavy (non-hydrogen) atoms. The number of nitrogens with zero attached hydrogens (tertiary/aromatic N) is 2. The molecule has 9 heteroatoms. The third-order valence-electron chi connectivity index (χ3n) is 4.81. The lowest BCUT2D eigenvalue weighted by molar-refractivity contribution is -0.384. The van der Waals surface area contributed by atoms with Gasteiger partial charge in [0.2, 0.25) is 0 Å². The molecule has 0 aliphatic heterocycles. The first-order valence-electron chi connectivity index (χ1n) is 9.10. The number of esters is 1. The maximum Gasteiger partial charge on any atom is 0.340 e. The van der Waals surface area contributed by atoms with E-state index in [0.29, 0.717) is 22.2 Å². The highest BCUT2D eigenvalue weighted by atomic mass is 16.6. The Balaban J connectivity index is 1.78. The Morgan fingerprint density at radius 2 is 1.84 bits per heavy atom. The van der Waals surface area contributed by atoms with Crippen molar-refractivity contribution in [2.45, 2.75) is 0 Å². The molecule has 4 rings (SSSR count). The number of benzene rings is 2. The average molecular weight is 420 g/mol. The molecule has 0 amide bonds. The van der Waals surface area contributed by atoms with Gasteiger partial charge in [0, 0.05) is 23.7 Å². The molecule has 0 unspecified atom stereocenters. The van der Waals surface area contributed by atoms with Crippen molar-refractivity contribution in [1.82, 2.24) is 4.57 Å². The van der Waals surface area contributed by atoms with E-state index in [1.807, 2.05) is 0 Å². The number of carbonyl (C=O) groups is 2. The van der Waals surface area contributed by atoms with Crippen molar-refractivity contribution < 1.29 is 28.4 Å². The van der Waals surface area contributed by atoms with Gasteiger partial charge >= 0.3 is 5.97 Å². The second-order valence-corrected chi connectivity index (χ2v) is 6.53. The Kier molecular flexibility index (Phi) is 5.00. The van der Waals surface area contributed by atoms with Crippen LogP contribution in [0.3, 0.4) is 0 Å². The van der Waals surface area contributed by atoms with Crippen LogP contribution in [0.4, 0.5) is 5.69 Å². The lowest BCUT2D eigenvalue weighted by atomic mass is 10.1. The van der Waals surface area contributed by atoms with Gasteiger partial charge in [-0.05, 0) is 24.3 Å². The highest BCUT2D eigenvalue weighted by Crippen LogP contribution is 2.35. The Morgan fingerprint density at radius 3 is 2.55 bits per heavy atom. The zero-order chi connectivity index (χ0) is 22.1. The maximum absolute atomic E-state index is 13.1. The molecule has 9 nitrogen and oxygen atoms in total. The molecule has 156 valence electrons. The van der Waals surface area contributed by atoms with Crippen molar-refractivity contribution in [3.8, 4) is 17.1 Å². The maximum atomic E-state index is 13.1. The number of non-ortho nitro benzene ring substituents is 1. The first kappa shape index (κ1) is 19.9. The van der Waals surface area contributed by atoms with Crippen LogP contribution in [0.15, 0.2) is 65.2 Å². The van der Waals surface area contributed by atoms with Crippen LogP contribution in [0.2, 0.25) is 0 Å². The number of carbonyl (C=O) groups excluding carboxylic acids is 2. The molecule has 2 heterocycles. The van der Waals surface area contributed by atoms with E-state index >= 15 is 0 Å². The minimum atomic E-state index is -0.566. The Labute approximate surface area is 175 Å². The van der Waals surface area contributed by atoms with Crippen molar-refractivity contribution in [1.29, 1.82) is 0 Å². The molecule has 0 N–H and O–H groups in total. The monoisotopic (exact) mass is 420 g/mol. The highest BCUT2D eigenvalue weighted by Gasteiger charge is 2.23. The van der Waals surface area contributed by atoms with E-state index in [-0.39, 0.29) is 22.8 Å². The number of methoxy groups -OCH3 is 2. The standard InChI is InChI=1S/C22H16N2O7/c1-29-18-8-7-13(24(27)28)11-15(18)19-9-10-20(31-19)21(25)23-12-16(22(26)30-2)14-5-3-4-6-17(14)23/h3-12H,1-2H3. The predicted molar refractivity (Wildman–Crippen MR) is 110 cm³/mol. The normalized spacial score (nSPS) is 10.8. The van der Waals surface area contributed by atoms with E-state index in [1.54, 1.807) is 24.3 Å². The zero-order valence-corrected chi connectivity index (χ0v) is 16.5. The molecular weight excluding hydrogens is 404 g/mol. The van der Waals surface area contributed by atoms with Crippen molar-refractivity contribution in [2.75, 3.05) is 14.2 Å². The Hall–Kier alpha value is -4.40. The van der Waals surface area contributed by atoms with Gasteiger partial charge < -0.3 is 13.9 Å². The minimum absolute atomic E-state index is 0.0132. The van der Waals surface area contributed by atoms with Crippen molar-refractivity contribution in [3.63, 3.8) is 0 Å². The first-order chi connectivity index (χ1) is 14.9. The zero-order valence-electron chi connectivity index (χ0n) is 16.5. The molecular formula is C22H16N2O7. The Morgan fingerprint density at radius 1 is 1.06 bits per heavy atom. The summed E-state index contributed by atoms with van der Waals surface area (Å²) >= 11 is 0. The van der Waals surface area contributed by atoms with Gasteiger partial charge in [0.05, 0.1) is 35.8 Å². The molecule has 0 bridgehead atoms. The largest absolute Gasteiger partial charge is 0.496 e. The number of fused-ring (bicyclic) bond motifs is 1. The topological polar surface area (TPSA) is 114 Å². The molecule has 0 saturated carbocycles. The molecule has 0 saturated heterocycles. The number of hydrogen-bond donors (Lipinski definition) is 0. The number of hydrogen-bond acceptors (Lipinski definition) is 7. The summed E-state index contributed by atoms with van der Waals surface area (Å²) in [7, 11) is 2.70. The lowest BCUT2D eigenvalue weighted by Gasteiger charge is -2.06. The van der Waals surface area contributed by atoms with Crippen molar-refractivity contribution >= 4 is 28.5 Å². The fourth-order valence-corrected chi connectivity index (χ4v) is 3.34. The van der Waals surface area contributed by atoms with Gasteiger partial charge in [0.1, 0.15) is 11.5 Å². The van der Waals surface area contributed by atoms with Gasteiger partial charge in [-0.15, -0.1) is 0 Å². The summed E-state index contributed by atoms with van der Waals surface area (Å²) < 4.78 is 17.1. The first-order valence-corrected chi connectivity index (χ1v) is 9.10. The third-order valence-corrected chi connectivity index (χ3v) is 4.81. The SMILES string of the molecule is COC(=O)c1cn(C(=O)c2ccc(-c3cc([N+](=O)[O-])ccc3OC)o2)c2ccccc12. The minimum Gasteiger partial charge on any atom is -0.496 e. The van der Waals surface area contributed by atoms with Crippen LogP contribution < -0.4 is 4.74 Å². The van der Waals surface area contributed by atoms with Crippen LogP contribution in [-0.2, 0) is 4.74 Å². The summed E-state index contributed by atoms with van der Waals surface area (Å²) in [4.78, 5) is 35.8. The highest BCUT2D eigenvalue weighted by molar-refractivity contribution is 6.09. The van der Waals surface area contributed by atoms with Crippen LogP contribution in [0, 0.1) is 10.1 Å². The van der Waals surface area contributed by atoms with E-state index in [4.69, 9.17) is 13.9 Å². The van der Waals surface area contributed by atoms with Crippen LogP contribution in [-0.4, -0.2) is 35.6 Å². The fourth-order valence-electron chi connectivity index (χ4n) is 3.34. The van der Waals surface area contributed by atoms with Gasteiger partial charge in [0.15, 0.2) is 5.76 Å².